The summed E-state index contributed by atoms with van der Waals surface area (Å²) in [4.78, 5) is 33.3. The van der Waals surface area contributed by atoms with Crippen molar-refractivity contribution in [2.24, 2.45) is 5.41 Å². The first-order valence-corrected chi connectivity index (χ1v) is 14.5. The van der Waals surface area contributed by atoms with Crippen LogP contribution in [0.3, 0.4) is 0 Å². The van der Waals surface area contributed by atoms with Crippen LogP contribution in [0, 0.1) is 5.41 Å². The third-order valence-corrected chi connectivity index (χ3v) is 9.66. The first kappa shape index (κ1) is 25.4. The monoisotopic (exact) mass is 519 g/mol. The van der Waals surface area contributed by atoms with Crippen molar-refractivity contribution in [1.29, 1.82) is 0 Å². The number of carbonyl (C=O) groups excluding carboxylic acids is 1. The fourth-order valence-electron chi connectivity index (χ4n) is 7.43. The van der Waals surface area contributed by atoms with Crippen molar-refractivity contribution in [2.75, 3.05) is 50.7 Å². The Morgan fingerprint density at radius 2 is 1.74 bits per heavy atom. The maximum absolute atomic E-state index is 13.9. The number of aromatic nitrogens is 1. The molecular weight excluding hydrogens is 478 g/mol. The molecule has 2 atom stereocenters. The Bertz CT molecular complexity index is 1190. The van der Waals surface area contributed by atoms with Gasteiger partial charge in [0.05, 0.1) is 18.2 Å². The molecule has 1 aliphatic carbocycles. The quantitative estimate of drug-likeness (QED) is 0.649. The van der Waals surface area contributed by atoms with Crippen LogP contribution in [0.5, 0.6) is 0 Å². The largest absolute Gasteiger partial charge is 0.387 e. The molecule has 38 heavy (non-hydrogen) atoms. The Kier molecular flexibility index (Phi) is 6.95. The second kappa shape index (κ2) is 10.4. The van der Waals surface area contributed by atoms with Gasteiger partial charge in [-0.15, -0.1) is 0 Å². The van der Waals surface area contributed by atoms with Crippen LogP contribution in [-0.4, -0.2) is 76.9 Å². The van der Waals surface area contributed by atoms with E-state index in [4.69, 9.17) is 0 Å². The highest BCUT2D eigenvalue weighted by molar-refractivity contribution is 5.75. The molecule has 2 amide bonds. The molecule has 3 aliphatic heterocycles. The minimum atomic E-state index is -1.01. The molecule has 4 fully saturated rings. The number of rotatable bonds is 4. The first-order chi connectivity index (χ1) is 18.5. The molecule has 0 bridgehead atoms. The highest BCUT2D eigenvalue weighted by Gasteiger charge is 2.56. The van der Waals surface area contributed by atoms with Gasteiger partial charge in [0, 0.05) is 69.2 Å². The number of aliphatic hydroxyl groups is 1. The molecular formula is C30H41N5O3. The van der Waals surface area contributed by atoms with Gasteiger partial charge in [0.25, 0.3) is 5.56 Å². The Balaban J connectivity index is 1.21. The van der Waals surface area contributed by atoms with Gasteiger partial charge in [-0.2, -0.15) is 0 Å². The lowest BCUT2D eigenvalue weighted by molar-refractivity contribution is -0.136. The van der Waals surface area contributed by atoms with Gasteiger partial charge < -0.3 is 29.7 Å². The lowest BCUT2D eigenvalue weighted by Crippen LogP contribution is -2.64. The number of hydrogen-bond acceptors (Lipinski definition) is 5. The summed E-state index contributed by atoms with van der Waals surface area (Å²) in [6.45, 7) is 5.54. The summed E-state index contributed by atoms with van der Waals surface area (Å²) in [5, 5.41) is 15.6. The number of amides is 2. The van der Waals surface area contributed by atoms with Crippen molar-refractivity contribution in [3.8, 4) is 0 Å². The molecule has 4 heterocycles. The average molecular weight is 520 g/mol. The van der Waals surface area contributed by atoms with Crippen LogP contribution in [0.4, 0.5) is 10.5 Å². The zero-order valence-corrected chi connectivity index (χ0v) is 22.4. The number of pyridine rings is 1. The summed E-state index contributed by atoms with van der Waals surface area (Å²) in [5.41, 5.74) is 0.678. The molecule has 3 saturated heterocycles. The molecule has 6 rings (SSSR count). The molecule has 4 aliphatic rings. The predicted octanol–water partition coefficient (Wildman–Crippen LogP) is 3.21. The van der Waals surface area contributed by atoms with E-state index >= 15 is 0 Å². The minimum Gasteiger partial charge on any atom is -0.387 e. The Morgan fingerprint density at radius 3 is 2.47 bits per heavy atom. The molecule has 1 aromatic carbocycles. The van der Waals surface area contributed by atoms with Crippen LogP contribution in [0.25, 0.3) is 0 Å². The second-order valence-corrected chi connectivity index (χ2v) is 11.8. The molecule has 1 saturated carbocycles. The van der Waals surface area contributed by atoms with Crippen molar-refractivity contribution in [3.63, 3.8) is 0 Å². The number of piperidine rings is 1. The number of likely N-dealkylation sites (tertiary alicyclic amines) is 1. The summed E-state index contributed by atoms with van der Waals surface area (Å²) in [6.07, 6.45) is 8.55. The van der Waals surface area contributed by atoms with E-state index in [9.17, 15) is 14.7 Å². The second-order valence-electron chi connectivity index (χ2n) is 11.8. The molecule has 2 aromatic rings. The number of hydrogen-bond donors (Lipinski definition) is 2. The Hall–Kier alpha value is -2.84. The summed E-state index contributed by atoms with van der Waals surface area (Å²) < 4.78 is 1.69. The summed E-state index contributed by atoms with van der Waals surface area (Å²) in [5.74, 6) is 0. The lowest BCUT2D eigenvalue weighted by atomic mass is 9.66. The van der Waals surface area contributed by atoms with E-state index in [0.717, 1.165) is 63.1 Å². The number of nitrogens with zero attached hydrogens (tertiary/aromatic N) is 4. The van der Waals surface area contributed by atoms with Gasteiger partial charge in [0.1, 0.15) is 0 Å². The number of carbonyl (C=O) groups is 1. The lowest BCUT2D eigenvalue weighted by Gasteiger charge is -2.53. The molecule has 1 spiro atoms. The SMILES string of the molecule is O=C(N1CCC(O)(Cn2ccc(N3CCCC3)cc2=O)C2(CCCC2)C1)N1CCNCC1c1ccccc1. The number of piperazine rings is 1. The zero-order chi connectivity index (χ0) is 26.2. The van der Waals surface area contributed by atoms with Crippen LogP contribution in [0.15, 0.2) is 53.5 Å². The summed E-state index contributed by atoms with van der Waals surface area (Å²) in [7, 11) is 0. The predicted molar refractivity (Wildman–Crippen MR) is 148 cm³/mol. The van der Waals surface area contributed by atoms with Crippen LogP contribution in [-0.2, 0) is 6.54 Å². The summed E-state index contributed by atoms with van der Waals surface area (Å²) in [6, 6.07) is 14.1. The average Bonchev–Trinajstić information content (AvgIpc) is 3.66. The molecule has 8 nitrogen and oxygen atoms in total. The fraction of sp³-hybridized carbons (Fsp3) is 0.600. The van der Waals surface area contributed by atoms with Crippen LogP contribution >= 0.6 is 0 Å². The Labute approximate surface area is 225 Å². The molecule has 8 heteroatoms. The van der Waals surface area contributed by atoms with E-state index < -0.39 is 5.60 Å². The third kappa shape index (κ3) is 4.62. The first-order valence-electron chi connectivity index (χ1n) is 14.5. The van der Waals surface area contributed by atoms with Gasteiger partial charge in [0.15, 0.2) is 0 Å². The van der Waals surface area contributed by atoms with Crippen LogP contribution < -0.4 is 15.8 Å². The molecule has 2 N–H and O–H groups in total. The van der Waals surface area contributed by atoms with Crippen molar-refractivity contribution in [1.82, 2.24) is 19.7 Å². The van der Waals surface area contributed by atoms with Gasteiger partial charge in [-0.05, 0) is 43.7 Å². The van der Waals surface area contributed by atoms with Crippen LogP contribution in [0.1, 0.15) is 56.6 Å². The fourth-order valence-corrected chi connectivity index (χ4v) is 7.43. The molecule has 1 aromatic heterocycles. The Morgan fingerprint density at radius 1 is 0.974 bits per heavy atom. The summed E-state index contributed by atoms with van der Waals surface area (Å²) >= 11 is 0. The van der Waals surface area contributed by atoms with Crippen molar-refractivity contribution >= 4 is 11.7 Å². The zero-order valence-electron chi connectivity index (χ0n) is 22.4. The van der Waals surface area contributed by atoms with Crippen LogP contribution in [0.2, 0.25) is 0 Å². The standard InChI is InChI=1S/C30H41N5O3/c36-27-20-25(32-15-6-7-16-32)10-17-33(27)23-30(38)13-18-34(22-29(30)11-4-5-12-29)28(37)35-19-14-31-21-26(35)24-8-2-1-3-9-24/h1-3,8-10,17,20,26,31,38H,4-7,11-16,18-19,21-23H2. The van der Waals surface area contributed by atoms with Crippen molar-refractivity contribution < 1.29 is 9.90 Å². The van der Waals surface area contributed by atoms with E-state index in [1.165, 1.54) is 12.8 Å². The highest BCUT2D eigenvalue weighted by Crippen LogP contribution is 2.51. The van der Waals surface area contributed by atoms with Crippen molar-refractivity contribution in [3.05, 3.63) is 64.6 Å². The van der Waals surface area contributed by atoms with Gasteiger partial charge in [-0.3, -0.25) is 4.79 Å². The smallest absolute Gasteiger partial charge is 0.320 e. The van der Waals surface area contributed by atoms with Gasteiger partial charge in [0.2, 0.25) is 0 Å². The maximum atomic E-state index is 13.9. The van der Waals surface area contributed by atoms with Gasteiger partial charge >= 0.3 is 6.03 Å². The number of benzene rings is 1. The topological polar surface area (TPSA) is 81.0 Å². The molecule has 2 unspecified atom stereocenters. The van der Waals surface area contributed by atoms with E-state index in [1.807, 2.05) is 40.3 Å². The van der Waals surface area contributed by atoms with E-state index in [2.05, 4.69) is 22.3 Å². The van der Waals surface area contributed by atoms with Crippen molar-refractivity contribution in [2.45, 2.75) is 63.1 Å². The third-order valence-electron chi connectivity index (χ3n) is 9.66. The molecule has 0 radical (unpaired) electrons. The van der Waals surface area contributed by atoms with Gasteiger partial charge in [-0.25, -0.2) is 4.79 Å². The minimum absolute atomic E-state index is 0.00508. The maximum Gasteiger partial charge on any atom is 0.320 e. The number of urea groups is 1. The highest BCUT2D eigenvalue weighted by atomic mass is 16.3. The number of nitrogens with one attached hydrogen (secondary N) is 1. The van der Waals surface area contributed by atoms with E-state index in [1.54, 1.807) is 10.6 Å². The van der Waals surface area contributed by atoms with Gasteiger partial charge in [-0.1, -0.05) is 43.2 Å². The molecule has 204 valence electrons. The normalized spacial score (nSPS) is 27.3. The van der Waals surface area contributed by atoms with E-state index in [0.29, 0.717) is 26.1 Å². The van der Waals surface area contributed by atoms with E-state index in [-0.39, 0.29) is 29.6 Å². The number of anilines is 1.